The van der Waals surface area contributed by atoms with Crippen LogP contribution in [-0.2, 0) is 31.0 Å². The molecule has 2 heterocycles. The first-order chi connectivity index (χ1) is 14.2. The second-order valence-corrected chi connectivity index (χ2v) is 11.3. The van der Waals surface area contributed by atoms with Gasteiger partial charge >= 0.3 is 0 Å². The van der Waals surface area contributed by atoms with Gasteiger partial charge in [-0.3, -0.25) is 4.79 Å². The molecule has 0 aromatic heterocycles. The zero-order chi connectivity index (χ0) is 21.3. The van der Waals surface area contributed by atoms with Crippen molar-refractivity contribution >= 4 is 21.6 Å². The molecule has 5 atom stereocenters. The Labute approximate surface area is 175 Å². The summed E-state index contributed by atoms with van der Waals surface area (Å²) in [6.45, 7) is 4.31. The molecule has 2 saturated carbocycles. The Kier molecular flexibility index (Phi) is 4.33. The van der Waals surface area contributed by atoms with Gasteiger partial charge in [-0.25, -0.2) is 12.7 Å². The number of oxime groups is 1. The molecule has 3 fully saturated rings. The molecule has 1 saturated heterocycles. The smallest absolute Gasteiger partial charge is 0.283 e. The van der Waals surface area contributed by atoms with Gasteiger partial charge in [0.25, 0.3) is 5.91 Å². The van der Waals surface area contributed by atoms with E-state index >= 15 is 0 Å². The predicted molar refractivity (Wildman–Crippen MR) is 108 cm³/mol. The molecule has 2 aliphatic heterocycles. The van der Waals surface area contributed by atoms with Crippen molar-refractivity contribution in [2.24, 2.45) is 16.5 Å². The molecule has 30 heavy (non-hydrogen) atoms. The van der Waals surface area contributed by atoms with Gasteiger partial charge < -0.3 is 14.7 Å². The molecule has 1 spiro atoms. The van der Waals surface area contributed by atoms with Crippen LogP contribution in [0.5, 0.6) is 0 Å². The summed E-state index contributed by atoms with van der Waals surface area (Å²) in [5.74, 6) is -0.453. The standard InChI is InChI=1S/C21H26N2O6S/c1-20(2)14-8-9-21(20)16(10-14)23(30(21,26)27)19(25)18-17(24)15(22-29-18)12-28-11-13-6-4-3-5-7-13/h3-7,14,16-18,24H,8-12H2,1-2H3/t14-,16-,17-,18-,21-/m1/s1. The molecule has 8 nitrogen and oxygen atoms in total. The fraction of sp³-hybridized carbons (Fsp3) is 0.619. The van der Waals surface area contributed by atoms with Crippen LogP contribution in [0.15, 0.2) is 35.5 Å². The van der Waals surface area contributed by atoms with Crippen molar-refractivity contribution in [1.29, 1.82) is 0 Å². The van der Waals surface area contributed by atoms with Gasteiger partial charge in [-0.05, 0) is 36.2 Å². The summed E-state index contributed by atoms with van der Waals surface area (Å²) in [5, 5.41) is 14.3. The van der Waals surface area contributed by atoms with E-state index < -0.39 is 32.9 Å². The van der Waals surface area contributed by atoms with Crippen molar-refractivity contribution < 1.29 is 27.9 Å². The van der Waals surface area contributed by atoms with Gasteiger partial charge in [0.1, 0.15) is 16.6 Å². The lowest BCUT2D eigenvalue weighted by Crippen LogP contribution is -2.76. The monoisotopic (exact) mass is 434 g/mol. The number of aliphatic hydroxyl groups is 1. The van der Waals surface area contributed by atoms with E-state index in [-0.39, 0.29) is 29.7 Å². The van der Waals surface area contributed by atoms with Gasteiger partial charge in [-0.15, -0.1) is 0 Å². The number of sulfonamides is 1. The van der Waals surface area contributed by atoms with Crippen LogP contribution in [0.1, 0.15) is 38.7 Å². The van der Waals surface area contributed by atoms with Gasteiger partial charge in [0, 0.05) is 0 Å². The largest absolute Gasteiger partial charge is 0.382 e. The number of amides is 1. The molecular formula is C21H26N2O6S. The summed E-state index contributed by atoms with van der Waals surface area (Å²) in [6.07, 6.45) is -0.542. The van der Waals surface area contributed by atoms with Crippen LogP contribution in [0.3, 0.4) is 0 Å². The Hall–Kier alpha value is -1.97. The van der Waals surface area contributed by atoms with Crippen molar-refractivity contribution in [1.82, 2.24) is 4.31 Å². The van der Waals surface area contributed by atoms with E-state index in [1.54, 1.807) is 0 Å². The Bertz CT molecular complexity index is 1010. The number of fused-ring (bicyclic) bond motifs is 1. The molecule has 2 aliphatic carbocycles. The van der Waals surface area contributed by atoms with Crippen molar-refractivity contribution in [3.63, 3.8) is 0 Å². The minimum Gasteiger partial charge on any atom is -0.382 e. The van der Waals surface area contributed by atoms with Crippen LogP contribution in [-0.4, -0.2) is 59.1 Å². The van der Waals surface area contributed by atoms with Gasteiger partial charge in [0.15, 0.2) is 0 Å². The maximum absolute atomic E-state index is 13.2. The van der Waals surface area contributed by atoms with Gasteiger partial charge in [-0.2, -0.15) is 0 Å². The lowest BCUT2D eigenvalue weighted by molar-refractivity contribution is -0.145. The van der Waals surface area contributed by atoms with E-state index in [2.05, 4.69) is 5.16 Å². The Morgan fingerprint density at radius 2 is 2.03 bits per heavy atom. The molecule has 1 amide bonds. The highest BCUT2D eigenvalue weighted by Gasteiger charge is 2.81. The summed E-state index contributed by atoms with van der Waals surface area (Å²) < 4.78 is 32.2. The maximum Gasteiger partial charge on any atom is 0.283 e. The van der Waals surface area contributed by atoms with E-state index in [9.17, 15) is 18.3 Å². The van der Waals surface area contributed by atoms with Gasteiger partial charge in [0.2, 0.25) is 16.1 Å². The maximum atomic E-state index is 13.2. The number of ether oxygens (including phenoxy) is 1. The topological polar surface area (TPSA) is 106 Å². The highest BCUT2D eigenvalue weighted by Crippen LogP contribution is 2.70. The zero-order valence-electron chi connectivity index (χ0n) is 17.0. The molecule has 1 N–H and O–H groups in total. The van der Waals surface area contributed by atoms with Crippen LogP contribution in [0.4, 0.5) is 0 Å². The van der Waals surface area contributed by atoms with Crippen LogP contribution in [0.2, 0.25) is 0 Å². The molecule has 4 aliphatic rings. The van der Waals surface area contributed by atoms with E-state index in [1.807, 2.05) is 44.2 Å². The summed E-state index contributed by atoms with van der Waals surface area (Å²) in [6, 6.07) is 9.18. The van der Waals surface area contributed by atoms with Gasteiger partial charge in [-0.1, -0.05) is 49.3 Å². The van der Waals surface area contributed by atoms with Crippen LogP contribution in [0.25, 0.3) is 0 Å². The molecule has 9 heteroatoms. The third-order valence-electron chi connectivity index (χ3n) is 7.76. The van der Waals surface area contributed by atoms with Crippen molar-refractivity contribution in [3.8, 4) is 0 Å². The van der Waals surface area contributed by atoms with E-state index in [4.69, 9.17) is 9.57 Å². The van der Waals surface area contributed by atoms with E-state index in [0.29, 0.717) is 19.4 Å². The highest BCUT2D eigenvalue weighted by atomic mass is 32.2. The third kappa shape index (κ3) is 2.37. The van der Waals surface area contributed by atoms with Crippen molar-refractivity contribution in [2.45, 2.75) is 62.7 Å². The van der Waals surface area contributed by atoms with E-state index in [1.165, 1.54) is 0 Å². The molecule has 162 valence electrons. The van der Waals surface area contributed by atoms with Crippen molar-refractivity contribution in [2.75, 3.05) is 6.61 Å². The van der Waals surface area contributed by atoms with Crippen LogP contribution >= 0.6 is 0 Å². The second kappa shape index (κ2) is 6.51. The number of hydrogen-bond acceptors (Lipinski definition) is 7. The molecule has 5 rings (SSSR count). The number of aliphatic hydroxyl groups excluding tert-OH is 1. The first-order valence-corrected chi connectivity index (χ1v) is 11.8. The number of hydrogen-bond donors (Lipinski definition) is 1. The average Bonchev–Trinajstić information content (AvgIpc) is 3.27. The van der Waals surface area contributed by atoms with Crippen molar-refractivity contribution in [3.05, 3.63) is 35.9 Å². The molecule has 1 aromatic carbocycles. The first kappa shape index (κ1) is 20.0. The molecule has 1 aromatic rings. The quantitative estimate of drug-likeness (QED) is 0.752. The predicted octanol–water partition coefficient (Wildman–Crippen LogP) is 1.44. The molecular weight excluding hydrogens is 408 g/mol. The summed E-state index contributed by atoms with van der Waals surface area (Å²) in [7, 11) is -3.80. The summed E-state index contributed by atoms with van der Waals surface area (Å²) >= 11 is 0. The fourth-order valence-corrected chi connectivity index (χ4v) is 8.93. The third-order valence-corrected chi connectivity index (χ3v) is 10.6. The second-order valence-electron chi connectivity index (χ2n) is 9.27. The Morgan fingerprint density at radius 3 is 2.73 bits per heavy atom. The Balaban J connectivity index is 1.25. The summed E-state index contributed by atoms with van der Waals surface area (Å²) in [4.78, 5) is 18.2. The minimum absolute atomic E-state index is 0.00490. The minimum atomic E-state index is -3.80. The lowest BCUT2D eigenvalue weighted by atomic mass is 9.80. The van der Waals surface area contributed by atoms with Crippen LogP contribution in [0, 0.1) is 11.3 Å². The molecule has 0 radical (unpaired) electrons. The van der Waals surface area contributed by atoms with E-state index in [0.717, 1.165) is 16.3 Å². The normalized spacial score (nSPS) is 37.3. The number of nitrogens with zero attached hydrogens (tertiary/aromatic N) is 2. The number of rotatable bonds is 5. The first-order valence-electron chi connectivity index (χ1n) is 10.3. The highest BCUT2D eigenvalue weighted by molar-refractivity contribution is 7.92. The zero-order valence-corrected chi connectivity index (χ0v) is 17.8. The fourth-order valence-electron chi connectivity index (χ4n) is 6.05. The molecule has 2 bridgehead atoms. The SMILES string of the molecule is CC1(C)[C@@H]2CC[C@@]13[C@@H](C2)N(C(=O)[C@@H]1ON=C(COCc2ccccc2)[C@H]1O)S3(=O)=O. The number of carbonyl (C=O) groups is 1. The summed E-state index contributed by atoms with van der Waals surface area (Å²) in [5.41, 5.74) is 0.801. The van der Waals surface area contributed by atoms with Gasteiger partial charge in [0.05, 0.1) is 19.3 Å². The van der Waals surface area contributed by atoms with Crippen LogP contribution < -0.4 is 0 Å². The Morgan fingerprint density at radius 1 is 1.30 bits per heavy atom. The molecule has 0 unspecified atom stereocenters. The average molecular weight is 435 g/mol. The lowest BCUT2D eigenvalue weighted by Gasteiger charge is -2.56. The number of benzene rings is 1. The number of carbonyl (C=O) groups excluding carboxylic acids is 1.